The van der Waals surface area contributed by atoms with Gasteiger partial charge in [-0.1, -0.05) is 12.1 Å². The van der Waals surface area contributed by atoms with E-state index in [4.69, 9.17) is 22.0 Å². The highest BCUT2D eigenvalue weighted by Crippen LogP contribution is 2.15. The van der Waals surface area contributed by atoms with Crippen molar-refractivity contribution >= 4 is 29.3 Å². The number of benzene rings is 1. The zero-order valence-electron chi connectivity index (χ0n) is 9.93. The minimum absolute atomic E-state index is 0.281. The van der Waals surface area contributed by atoms with Gasteiger partial charge >= 0.3 is 5.97 Å². The number of halogens is 1. The van der Waals surface area contributed by atoms with Gasteiger partial charge in [-0.15, -0.1) is 11.6 Å². The molecule has 1 N–H and O–H groups in total. The minimum atomic E-state index is -1.22. The SMILES string of the molecule is CN(CCCl)c1ccc(/C=C(\C#N)C(=O)O)cc1. The number of carboxylic acid groups (broad SMARTS) is 1. The summed E-state index contributed by atoms with van der Waals surface area (Å²) in [5, 5.41) is 17.4. The van der Waals surface area contributed by atoms with Crippen LogP contribution in [0.4, 0.5) is 5.69 Å². The van der Waals surface area contributed by atoms with E-state index < -0.39 is 5.97 Å². The van der Waals surface area contributed by atoms with Gasteiger partial charge in [0.2, 0.25) is 0 Å². The van der Waals surface area contributed by atoms with Gasteiger partial charge in [-0.25, -0.2) is 4.79 Å². The van der Waals surface area contributed by atoms with Gasteiger partial charge in [-0.05, 0) is 23.8 Å². The third-order valence-electron chi connectivity index (χ3n) is 2.42. The predicted molar refractivity (Wildman–Crippen MR) is 71.7 cm³/mol. The molecule has 0 unspecified atom stereocenters. The lowest BCUT2D eigenvalue weighted by molar-refractivity contribution is -0.132. The molecule has 94 valence electrons. The van der Waals surface area contributed by atoms with Crippen LogP contribution >= 0.6 is 11.6 Å². The average molecular weight is 265 g/mol. The van der Waals surface area contributed by atoms with Crippen molar-refractivity contribution in [3.63, 3.8) is 0 Å². The van der Waals surface area contributed by atoms with Gasteiger partial charge < -0.3 is 10.0 Å². The van der Waals surface area contributed by atoms with E-state index >= 15 is 0 Å². The Morgan fingerprint density at radius 1 is 1.50 bits per heavy atom. The summed E-state index contributed by atoms with van der Waals surface area (Å²) in [6.45, 7) is 0.731. The summed E-state index contributed by atoms with van der Waals surface area (Å²) in [5.41, 5.74) is 1.38. The van der Waals surface area contributed by atoms with E-state index in [-0.39, 0.29) is 5.57 Å². The van der Waals surface area contributed by atoms with E-state index in [1.54, 1.807) is 18.2 Å². The summed E-state index contributed by atoms with van der Waals surface area (Å²) in [5.74, 6) is -0.684. The molecule has 0 heterocycles. The lowest BCUT2D eigenvalue weighted by Crippen LogP contribution is -2.19. The molecule has 0 bridgehead atoms. The predicted octanol–water partition coefficient (Wildman–Crippen LogP) is 2.35. The van der Waals surface area contributed by atoms with Crippen LogP contribution < -0.4 is 4.90 Å². The van der Waals surface area contributed by atoms with E-state index in [0.29, 0.717) is 11.4 Å². The van der Waals surface area contributed by atoms with Crippen LogP contribution in [0.3, 0.4) is 0 Å². The number of alkyl halides is 1. The molecule has 0 saturated heterocycles. The summed E-state index contributed by atoms with van der Waals surface area (Å²) >= 11 is 5.65. The van der Waals surface area contributed by atoms with Crippen LogP contribution in [0.25, 0.3) is 6.08 Å². The smallest absolute Gasteiger partial charge is 0.346 e. The molecule has 0 aromatic heterocycles. The lowest BCUT2D eigenvalue weighted by atomic mass is 10.1. The number of hydrogen-bond acceptors (Lipinski definition) is 3. The molecule has 0 aliphatic heterocycles. The van der Waals surface area contributed by atoms with Gasteiger partial charge in [0.25, 0.3) is 0 Å². The number of carbonyl (C=O) groups is 1. The second-order valence-electron chi connectivity index (χ2n) is 3.68. The maximum Gasteiger partial charge on any atom is 0.346 e. The van der Waals surface area contributed by atoms with Crippen molar-refractivity contribution in [3.8, 4) is 6.07 Å². The molecule has 0 fully saturated rings. The standard InChI is InChI=1S/C13H13ClN2O2/c1-16(7-6-14)12-4-2-10(3-5-12)8-11(9-15)13(17)18/h2-5,8H,6-7H2,1H3,(H,17,18)/b11-8+. The van der Waals surface area contributed by atoms with Crippen molar-refractivity contribution in [2.75, 3.05) is 24.4 Å². The first kappa shape index (κ1) is 14.1. The van der Waals surface area contributed by atoms with Crippen LogP contribution in [0.15, 0.2) is 29.8 Å². The number of aliphatic carboxylic acids is 1. The first-order chi connectivity index (χ1) is 8.58. The topological polar surface area (TPSA) is 64.3 Å². The van der Waals surface area contributed by atoms with Gasteiger partial charge in [0.15, 0.2) is 0 Å². The van der Waals surface area contributed by atoms with E-state index in [0.717, 1.165) is 12.2 Å². The second kappa shape index (κ2) is 6.67. The zero-order chi connectivity index (χ0) is 13.5. The van der Waals surface area contributed by atoms with Gasteiger partial charge in [-0.3, -0.25) is 0 Å². The summed E-state index contributed by atoms with van der Waals surface area (Å²) in [6.07, 6.45) is 1.34. The van der Waals surface area contributed by atoms with Crippen molar-refractivity contribution in [2.24, 2.45) is 0 Å². The molecule has 0 aliphatic carbocycles. The Bertz CT molecular complexity index is 489. The van der Waals surface area contributed by atoms with Crippen molar-refractivity contribution in [2.45, 2.75) is 0 Å². The van der Waals surface area contributed by atoms with E-state index in [9.17, 15) is 4.79 Å². The molecule has 1 aromatic rings. The zero-order valence-corrected chi connectivity index (χ0v) is 10.7. The number of anilines is 1. The fourth-order valence-electron chi connectivity index (χ4n) is 1.39. The maximum absolute atomic E-state index is 10.7. The molecule has 1 rings (SSSR count). The highest BCUT2D eigenvalue weighted by Gasteiger charge is 2.05. The van der Waals surface area contributed by atoms with Crippen LogP contribution in [0.5, 0.6) is 0 Å². The van der Waals surface area contributed by atoms with Gasteiger partial charge in [0.1, 0.15) is 11.6 Å². The van der Waals surface area contributed by atoms with Crippen LogP contribution in [-0.2, 0) is 4.79 Å². The first-order valence-electron chi connectivity index (χ1n) is 5.30. The Balaban J connectivity index is 2.90. The molecule has 4 nitrogen and oxygen atoms in total. The number of carboxylic acids is 1. The fraction of sp³-hybridized carbons (Fsp3) is 0.231. The Kier molecular flexibility index (Phi) is 5.22. The molecule has 0 aliphatic rings. The number of rotatable bonds is 5. The van der Waals surface area contributed by atoms with E-state index in [1.165, 1.54) is 6.08 Å². The van der Waals surface area contributed by atoms with Crippen molar-refractivity contribution in [1.82, 2.24) is 0 Å². The minimum Gasteiger partial charge on any atom is -0.477 e. The van der Waals surface area contributed by atoms with Gasteiger partial charge in [-0.2, -0.15) is 5.26 Å². The Hall–Kier alpha value is -1.99. The largest absolute Gasteiger partial charge is 0.477 e. The van der Waals surface area contributed by atoms with Gasteiger partial charge in [0.05, 0.1) is 0 Å². The Labute approximate surface area is 111 Å². The maximum atomic E-state index is 10.7. The third kappa shape index (κ3) is 3.79. The summed E-state index contributed by atoms with van der Waals surface area (Å²) < 4.78 is 0. The number of nitrogens with zero attached hydrogens (tertiary/aromatic N) is 2. The average Bonchev–Trinajstić information content (AvgIpc) is 2.36. The molecule has 0 saturated carbocycles. The van der Waals surface area contributed by atoms with Gasteiger partial charge in [0, 0.05) is 25.2 Å². The van der Waals surface area contributed by atoms with Crippen LogP contribution in [0.1, 0.15) is 5.56 Å². The molecular weight excluding hydrogens is 252 g/mol. The Morgan fingerprint density at radius 2 is 2.11 bits per heavy atom. The third-order valence-corrected chi connectivity index (χ3v) is 2.58. The number of nitriles is 1. The van der Waals surface area contributed by atoms with Crippen molar-refractivity contribution in [1.29, 1.82) is 5.26 Å². The summed E-state index contributed by atoms with van der Waals surface area (Å²) in [4.78, 5) is 12.7. The Morgan fingerprint density at radius 3 is 2.56 bits per heavy atom. The molecule has 18 heavy (non-hydrogen) atoms. The fourth-order valence-corrected chi connectivity index (χ4v) is 1.64. The normalized spacial score (nSPS) is 10.8. The second-order valence-corrected chi connectivity index (χ2v) is 4.06. The van der Waals surface area contributed by atoms with Crippen LogP contribution in [-0.4, -0.2) is 30.5 Å². The molecule has 1 aromatic carbocycles. The molecule has 0 atom stereocenters. The molecule has 5 heteroatoms. The lowest BCUT2D eigenvalue weighted by Gasteiger charge is -2.17. The van der Waals surface area contributed by atoms with E-state index in [1.807, 2.05) is 24.1 Å². The summed E-state index contributed by atoms with van der Waals surface area (Å²) in [6, 6.07) is 8.88. The van der Waals surface area contributed by atoms with Crippen molar-refractivity contribution < 1.29 is 9.90 Å². The van der Waals surface area contributed by atoms with Crippen LogP contribution in [0.2, 0.25) is 0 Å². The van der Waals surface area contributed by atoms with E-state index in [2.05, 4.69) is 0 Å². The van der Waals surface area contributed by atoms with Crippen LogP contribution in [0, 0.1) is 11.3 Å². The monoisotopic (exact) mass is 264 g/mol. The highest BCUT2D eigenvalue weighted by atomic mass is 35.5. The first-order valence-corrected chi connectivity index (χ1v) is 5.84. The highest BCUT2D eigenvalue weighted by molar-refractivity contribution is 6.18. The summed E-state index contributed by atoms with van der Waals surface area (Å²) in [7, 11) is 1.92. The molecule has 0 amide bonds. The molecule has 0 spiro atoms. The molecule has 0 radical (unpaired) electrons. The quantitative estimate of drug-likeness (QED) is 0.504. The number of hydrogen-bond donors (Lipinski definition) is 1. The van der Waals surface area contributed by atoms with Crippen molar-refractivity contribution in [3.05, 3.63) is 35.4 Å². The molecular formula is C13H13ClN2O2.